The van der Waals surface area contributed by atoms with E-state index in [1.807, 2.05) is 60.7 Å². The number of nitrogens with zero attached hydrogens (tertiary/aromatic N) is 2. The van der Waals surface area contributed by atoms with E-state index in [4.69, 9.17) is 9.47 Å². The molecule has 0 fully saturated rings. The molecule has 7 heteroatoms. The number of phenols is 2. The maximum absolute atomic E-state index is 12.2. The molecular formula is C59H56HfN2O4-2. The third-order valence-electron chi connectivity index (χ3n) is 12.3. The number of ether oxygens (including phenoxy) is 2. The molecule has 10 aromatic rings. The van der Waals surface area contributed by atoms with Crippen LogP contribution in [0.2, 0.25) is 0 Å². The summed E-state index contributed by atoms with van der Waals surface area (Å²) in [5, 5.41) is 29.0. The van der Waals surface area contributed by atoms with E-state index >= 15 is 0 Å². The van der Waals surface area contributed by atoms with Gasteiger partial charge in [0.15, 0.2) is 0 Å². The number of aromatic nitrogens is 2. The molecule has 0 bridgehead atoms. The Morgan fingerprint density at radius 2 is 0.712 bits per heavy atom. The van der Waals surface area contributed by atoms with Gasteiger partial charge in [-0.25, -0.2) is 0 Å². The SMILES string of the molecule is Cc1ccc(O[C@H](C)C[C@H](C)Oc2ccc(C)cc2-c2cc(C)cc(-n3c4ccccc4c4ccccc43)c2O)c(-c2cc(C)cc(-n3c4ccccc4c4ccccc43)c2O)c1.[CH3-].[CH3-].[Hf]. The summed E-state index contributed by atoms with van der Waals surface area (Å²) in [5.74, 6) is 1.76. The first-order valence-electron chi connectivity index (χ1n) is 21.7. The second-order valence-corrected chi connectivity index (χ2v) is 17.2. The number of phenolic OH excluding ortho intramolecular Hbond substituents is 2. The zero-order chi connectivity index (χ0) is 43.5. The molecule has 0 radical (unpaired) electrons. The van der Waals surface area contributed by atoms with Crippen molar-refractivity contribution in [1.29, 1.82) is 0 Å². The molecule has 10 rings (SSSR count). The Hall–Kier alpha value is -6.57. The Morgan fingerprint density at radius 3 is 1.05 bits per heavy atom. The topological polar surface area (TPSA) is 68.8 Å². The summed E-state index contributed by atoms with van der Waals surface area (Å²) in [6.45, 7) is 12.4. The van der Waals surface area contributed by atoms with Crippen molar-refractivity contribution in [3.63, 3.8) is 0 Å². The number of fused-ring (bicyclic) bond motifs is 6. The minimum Gasteiger partial charge on any atom is -0.505 e. The van der Waals surface area contributed by atoms with Crippen LogP contribution in [0.25, 0.3) is 77.2 Å². The summed E-state index contributed by atoms with van der Waals surface area (Å²) in [5.41, 5.74) is 12.8. The van der Waals surface area contributed by atoms with Crippen LogP contribution >= 0.6 is 0 Å². The van der Waals surface area contributed by atoms with E-state index in [2.05, 4.69) is 148 Å². The predicted octanol–water partition coefficient (Wildman–Crippen LogP) is 15.4. The largest absolute Gasteiger partial charge is 0.505 e. The van der Waals surface area contributed by atoms with E-state index in [9.17, 15) is 10.2 Å². The summed E-state index contributed by atoms with van der Waals surface area (Å²) < 4.78 is 17.9. The molecule has 8 aromatic carbocycles. The van der Waals surface area contributed by atoms with Crippen LogP contribution in [-0.4, -0.2) is 31.6 Å². The average molecular weight is 1040 g/mol. The van der Waals surface area contributed by atoms with Gasteiger partial charge in [0.1, 0.15) is 23.0 Å². The second-order valence-electron chi connectivity index (χ2n) is 17.2. The van der Waals surface area contributed by atoms with Crippen molar-refractivity contribution in [3.05, 3.63) is 195 Å². The molecule has 332 valence electrons. The molecule has 0 saturated carbocycles. The molecule has 66 heavy (non-hydrogen) atoms. The van der Waals surface area contributed by atoms with Crippen molar-refractivity contribution in [2.75, 3.05) is 0 Å². The van der Waals surface area contributed by atoms with Crippen LogP contribution in [0.4, 0.5) is 0 Å². The number of rotatable bonds is 10. The zero-order valence-electron chi connectivity index (χ0n) is 39.0. The molecule has 2 aromatic heterocycles. The van der Waals surface area contributed by atoms with Gasteiger partial charge in [0.25, 0.3) is 0 Å². The molecule has 6 nitrogen and oxygen atoms in total. The summed E-state index contributed by atoms with van der Waals surface area (Å²) >= 11 is 0. The normalized spacial score (nSPS) is 12.1. The standard InChI is InChI=1S/C57H50N2O4.2CH3.Hf/c1-34-23-25-54(44(27-34)46-29-36(3)31-52(56(46)60)58-48-19-11-7-15-40(48)41-16-8-12-20-49(41)58)62-38(5)33-39(6)63-55-26-24-35(2)28-45(55)47-30-37(4)32-53(57(47)61)59-50-21-13-9-17-42(50)43-18-10-14-22-51(43)59;;;/h7-32,38-39,60-61H,33H2,1-6H3;2*1H3;/q;2*-1;/t38-,39+;;;. The fourth-order valence-electron chi connectivity index (χ4n) is 9.55. The van der Waals surface area contributed by atoms with E-state index < -0.39 is 0 Å². The number of hydrogen-bond donors (Lipinski definition) is 2. The van der Waals surface area contributed by atoms with E-state index in [1.54, 1.807) is 0 Å². The maximum Gasteiger partial charge on any atom is 0.147 e. The monoisotopic (exact) mass is 1040 g/mol. The van der Waals surface area contributed by atoms with Crippen LogP contribution < -0.4 is 9.47 Å². The third kappa shape index (κ3) is 8.41. The van der Waals surface area contributed by atoms with Gasteiger partial charge in [-0.1, -0.05) is 96.1 Å². The molecule has 0 aliphatic rings. The Balaban J connectivity index is 0.00000216. The predicted molar refractivity (Wildman–Crippen MR) is 272 cm³/mol. The van der Waals surface area contributed by atoms with Gasteiger partial charge in [0.05, 0.1) is 45.6 Å². The Morgan fingerprint density at radius 1 is 0.409 bits per heavy atom. The minimum absolute atomic E-state index is 0. The third-order valence-corrected chi connectivity index (χ3v) is 12.3. The Labute approximate surface area is 407 Å². The van der Waals surface area contributed by atoms with Gasteiger partial charge in [-0.2, -0.15) is 0 Å². The summed E-state index contributed by atoms with van der Waals surface area (Å²) in [6.07, 6.45) is 0.0983. The van der Waals surface area contributed by atoms with Crippen LogP contribution in [-0.2, 0) is 25.8 Å². The van der Waals surface area contributed by atoms with E-state index in [1.165, 1.54) is 0 Å². The molecule has 0 aliphatic heterocycles. The van der Waals surface area contributed by atoms with Crippen molar-refractivity contribution in [3.8, 4) is 56.6 Å². The van der Waals surface area contributed by atoms with Crippen LogP contribution in [0.3, 0.4) is 0 Å². The Kier molecular flexibility index (Phi) is 13.7. The van der Waals surface area contributed by atoms with Crippen molar-refractivity contribution in [2.45, 2.75) is 60.2 Å². The first kappa shape index (κ1) is 47.4. The van der Waals surface area contributed by atoms with Crippen LogP contribution in [0.15, 0.2) is 158 Å². The zero-order valence-corrected chi connectivity index (χ0v) is 42.6. The first-order chi connectivity index (χ1) is 30.5. The van der Waals surface area contributed by atoms with Gasteiger partial charge in [-0.15, -0.1) is 0 Å². The molecule has 0 saturated heterocycles. The maximum atomic E-state index is 12.2. The molecule has 0 spiro atoms. The first-order valence-corrected chi connectivity index (χ1v) is 21.7. The van der Waals surface area contributed by atoms with Gasteiger partial charge >= 0.3 is 0 Å². The van der Waals surface area contributed by atoms with Crippen LogP contribution in [0.1, 0.15) is 42.5 Å². The molecule has 0 unspecified atom stereocenters. The van der Waals surface area contributed by atoms with Gasteiger partial charge in [0, 0.05) is 76.1 Å². The smallest absolute Gasteiger partial charge is 0.147 e. The van der Waals surface area contributed by atoms with Crippen molar-refractivity contribution < 1.29 is 45.5 Å². The van der Waals surface area contributed by atoms with Crippen LogP contribution in [0.5, 0.6) is 23.0 Å². The molecular weight excluding hydrogens is 979 g/mol. The van der Waals surface area contributed by atoms with E-state index in [-0.39, 0.29) is 64.4 Å². The van der Waals surface area contributed by atoms with Crippen molar-refractivity contribution in [1.82, 2.24) is 9.13 Å². The molecule has 2 N–H and O–H groups in total. The quantitative estimate of drug-likeness (QED) is 0.106. The fourth-order valence-corrected chi connectivity index (χ4v) is 9.55. The second kappa shape index (κ2) is 19.1. The van der Waals surface area contributed by atoms with Gasteiger partial charge < -0.3 is 43.7 Å². The van der Waals surface area contributed by atoms with Gasteiger partial charge in [-0.05, 0) is 125 Å². The molecule has 2 atom stereocenters. The summed E-state index contributed by atoms with van der Waals surface area (Å²) in [4.78, 5) is 0. The summed E-state index contributed by atoms with van der Waals surface area (Å²) in [7, 11) is 0. The number of para-hydroxylation sites is 4. The number of hydrogen-bond acceptors (Lipinski definition) is 4. The summed E-state index contributed by atoms with van der Waals surface area (Å²) in [6, 6.07) is 53.8. The average Bonchev–Trinajstić information content (AvgIpc) is 3.79. The molecule has 0 aliphatic carbocycles. The minimum atomic E-state index is -0.242. The number of benzene rings is 8. The molecule has 0 amide bonds. The number of aryl methyl sites for hydroxylation is 4. The van der Waals surface area contributed by atoms with E-state index in [0.717, 1.165) is 88.4 Å². The van der Waals surface area contributed by atoms with Gasteiger partial charge in [0.2, 0.25) is 0 Å². The van der Waals surface area contributed by atoms with Gasteiger partial charge in [-0.3, -0.25) is 0 Å². The van der Waals surface area contributed by atoms with Crippen molar-refractivity contribution >= 4 is 43.6 Å². The Bertz CT molecular complexity index is 3070. The van der Waals surface area contributed by atoms with Crippen LogP contribution in [0, 0.1) is 42.5 Å². The molecule has 2 heterocycles. The number of aromatic hydroxyl groups is 2. The fraction of sp³-hybridized carbons (Fsp3) is 0.153. The van der Waals surface area contributed by atoms with E-state index in [0.29, 0.717) is 29.0 Å². The van der Waals surface area contributed by atoms with Crippen molar-refractivity contribution in [2.24, 2.45) is 0 Å².